The van der Waals surface area contributed by atoms with Crippen LogP contribution in [-0.4, -0.2) is 69.3 Å². The van der Waals surface area contributed by atoms with Gasteiger partial charge in [-0.3, -0.25) is 14.2 Å². The van der Waals surface area contributed by atoms with E-state index < -0.39 is 24.5 Å². The van der Waals surface area contributed by atoms with Crippen LogP contribution >= 0.6 is 0 Å². The molecule has 1 fully saturated rings. The molecule has 242 valence electrons. The van der Waals surface area contributed by atoms with Gasteiger partial charge < -0.3 is 10.0 Å². The van der Waals surface area contributed by atoms with E-state index in [-0.39, 0.29) is 25.4 Å². The number of alkyl halides is 2. The fraction of sp³-hybridized carbons (Fsp3) is 0.343. The van der Waals surface area contributed by atoms with Crippen molar-refractivity contribution in [3.8, 4) is 16.9 Å². The first-order chi connectivity index (χ1) is 22.4. The quantitative estimate of drug-likeness (QED) is 0.226. The van der Waals surface area contributed by atoms with Gasteiger partial charge in [-0.2, -0.15) is 15.3 Å². The van der Waals surface area contributed by atoms with Gasteiger partial charge in [0.25, 0.3) is 11.8 Å². The Morgan fingerprint density at radius 2 is 1.81 bits per heavy atom. The molecule has 0 spiro atoms. The third-order valence-corrected chi connectivity index (χ3v) is 8.95. The minimum Gasteiger partial charge on any atom is -0.386 e. The van der Waals surface area contributed by atoms with Gasteiger partial charge in [-0.15, -0.1) is 0 Å². The summed E-state index contributed by atoms with van der Waals surface area (Å²) in [5, 5.41) is 27.3. The van der Waals surface area contributed by atoms with Gasteiger partial charge in [-0.25, -0.2) is 18.4 Å². The van der Waals surface area contributed by atoms with Crippen LogP contribution in [0.3, 0.4) is 0 Å². The van der Waals surface area contributed by atoms with Crippen LogP contribution in [0.25, 0.3) is 38.9 Å². The molecule has 0 aliphatic carbocycles. The summed E-state index contributed by atoms with van der Waals surface area (Å²) in [6.45, 7) is 8.01. The van der Waals surface area contributed by atoms with Crippen molar-refractivity contribution in [3.63, 3.8) is 0 Å². The highest BCUT2D eigenvalue weighted by molar-refractivity contribution is 5.95. The van der Waals surface area contributed by atoms with Gasteiger partial charge >= 0.3 is 0 Å². The molecule has 1 N–H and O–H groups in total. The lowest BCUT2D eigenvalue weighted by Crippen LogP contribution is -2.31. The molecule has 0 bridgehead atoms. The minimum atomic E-state index is -2.85. The summed E-state index contributed by atoms with van der Waals surface area (Å²) in [6.07, 6.45) is 2.64. The molecule has 7 rings (SSSR count). The number of aromatic nitrogens is 7. The molecule has 1 aliphatic rings. The van der Waals surface area contributed by atoms with Crippen molar-refractivity contribution in [2.45, 2.75) is 58.6 Å². The van der Waals surface area contributed by atoms with Crippen molar-refractivity contribution in [2.75, 3.05) is 13.1 Å². The van der Waals surface area contributed by atoms with Crippen LogP contribution in [0.15, 0.2) is 60.9 Å². The molecule has 1 amide bonds. The summed E-state index contributed by atoms with van der Waals surface area (Å²) in [4.78, 5) is 18.6. The van der Waals surface area contributed by atoms with E-state index >= 15 is 0 Å². The molecule has 10 nitrogen and oxygen atoms in total. The van der Waals surface area contributed by atoms with Gasteiger partial charge in [0.15, 0.2) is 5.65 Å². The molecule has 5 heterocycles. The normalized spacial score (nSPS) is 15.4. The Morgan fingerprint density at radius 1 is 1.04 bits per heavy atom. The molecule has 1 unspecified atom stereocenters. The van der Waals surface area contributed by atoms with E-state index in [9.17, 15) is 18.7 Å². The number of aliphatic hydroxyl groups is 1. The van der Waals surface area contributed by atoms with E-state index in [1.807, 2.05) is 49.2 Å². The van der Waals surface area contributed by atoms with Gasteiger partial charge in [0, 0.05) is 65.6 Å². The van der Waals surface area contributed by atoms with Crippen LogP contribution in [0, 0.1) is 13.8 Å². The first-order valence-corrected chi connectivity index (χ1v) is 15.7. The number of nitrogens with zero attached hydrogens (tertiary/aromatic N) is 8. The van der Waals surface area contributed by atoms with Crippen LogP contribution in [-0.2, 0) is 13.6 Å². The lowest BCUT2D eigenvalue weighted by atomic mass is 9.95. The van der Waals surface area contributed by atoms with Crippen LogP contribution in [0.4, 0.5) is 8.78 Å². The third kappa shape index (κ3) is 5.56. The first kappa shape index (κ1) is 30.7. The second kappa shape index (κ2) is 11.4. The number of rotatable bonds is 7. The van der Waals surface area contributed by atoms with Crippen molar-refractivity contribution < 1.29 is 18.7 Å². The summed E-state index contributed by atoms with van der Waals surface area (Å²) in [5.41, 5.74) is 8.07. The van der Waals surface area contributed by atoms with Gasteiger partial charge in [0.2, 0.25) is 0 Å². The molecular formula is C35H36F2N8O2. The number of hydrogen-bond acceptors (Lipinski definition) is 6. The fourth-order valence-electron chi connectivity index (χ4n) is 6.62. The second-order valence-electron chi connectivity index (χ2n) is 12.8. The van der Waals surface area contributed by atoms with Crippen molar-refractivity contribution >= 4 is 27.8 Å². The highest BCUT2D eigenvalue weighted by Crippen LogP contribution is 2.37. The maximum Gasteiger partial charge on any atom is 0.267 e. The lowest BCUT2D eigenvalue weighted by Gasteiger charge is -2.17. The number of fused-ring (bicyclic) bond motifs is 2. The minimum absolute atomic E-state index is 0.0293. The maximum absolute atomic E-state index is 13.6. The maximum atomic E-state index is 13.6. The molecule has 2 aromatic carbocycles. The summed E-state index contributed by atoms with van der Waals surface area (Å²) in [5.74, 6) is -3.09. The smallest absolute Gasteiger partial charge is 0.267 e. The Balaban J connectivity index is 1.18. The van der Waals surface area contributed by atoms with E-state index in [2.05, 4.69) is 31.9 Å². The number of aryl methyl sites for hydroxylation is 2. The zero-order valence-corrected chi connectivity index (χ0v) is 26.9. The summed E-state index contributed by atoms with van der Waals surface area (Å²) >= 11 is 0. The number of likely N-dealkylation sites (tertiary alicyclic amines) is 1. The largest absolute Gasteiger partial charge is 0.386 e. The van der Waals surface area contributed by atoms with Crippen molar-refractivity contribution in [1.82, 2.24) is 39.2 Å². The topological polar surface area (TPSA) is 107 Å². The highest BCUT2D eigenvalue weighted by Gasteiger charge is 2.40. The van der Waals surface area contributed by atoms with E-state index in [1.165, 1.54) is 4.90 Å². The van der Waals surface area contributed by atoms with Crippen LogP contribution in [0.1, 0.15) is 65.2 Å². The number of carbonyl (C=O) groups excluding carboxylic acids is 1. The van der Waals surface area contributed by atoms with E-state index in [0.717, 1.165) is 50.2 Å². The molecular weight excluding hydrogens is 602 g/mol. The number of benzene rings is 2. The molecule has 47 heavy (non-hydrogen) atoms. The number of carbonyl (C=O) groups is 1. The van der Waals surface area contributed by atoms with Crippen LogP contribution in [0.2, 0.25) is 0 Å². The Morgan fingerprint density at radius 3 is 2.51 bits per heavy atom. The van der Waals surface area contributed by atoms with Gasteiger partial charge in [0.1, 0.15) is 0 Å². The zero-order chi connectivity index (χ0) is 33.2. The average molecular weight is 639 g/mol. The highest BCUT2D eigenvalue weighted by atomic mass is 19.3. The number of amides is 1. The van der Waals surface area contributed by atoms with Gasteiger partial charge in [0.05, 0.1) is 41.8 Å². The molecule has 6 aromatic rings. The van der Waals surface area contributed by atoms with Crippen molar-refractivity contribution in [1.29, 1.82) is 0 Å². The molecule has 0 saturated carbocycles. The Bertz CT molecular complexity index is 2140. The van der Waals surface area contributed by atoms with E-state index in [4.69, 9.17) is 15.2 Å². The number of hydrogen-bond donors (Lipinski definition) is 1. The zero-order valence-electron chi connectivity index (χ0n) is 26.9. The van der Waals surface area contributed by atoms with Gasteiger partial charge in [-0.1, -0.05) is 38.1 Å². The van der Waals surface area contributed by atoms with Crippen LogP contribution < -0.4 is 0 Å². The molecule has 1 saturated heterocycles. The summed E-state index contributed by atoms with van der Waals surface area (Å²) in [6, 6.07) is 14.5. The third-order valence-electron chi connectivity index (χ3n) is 8.95. The monoisotopic (exact) mass is 638 g/mol. The predicted octanol–water partition coefficient (Wildman–Crippen LogP) is 6.13. The van der Waals surface area contributed by atoms with Crippen LogP contribution in [0.5, 0.6) is 0 Å². The number of aliphatic hydroxyl groups excluding tert-OH is 1. The first-order valence-electron chi connectivity index (χ1n) is 15.7. The van der Waals surface area contributed by atoms with E-state index in [1.54, 1.807) is 33.6 Å². The molecule has 1 aliphatic heterocycles. The molecule has 4 aromatic heterocycles. The fourth-order valence-corrected chi connectivity index (χ4v) is 6.62. The number of pyridine rings is 1. The SMILES string of the molecule is Cc1nc2nn(C)cc2cc1-n1nc(-c2cccc3nn(CC(O)c4ccc(C(=O)N5CCC(F)(F)C5)cc4)cc23)c(C(C)C)c1C. The molecule has 0 radical (unpaired) electrons. The lowest BCUT2D eigenvalue weighted by molar-refractivity contribution is 0.0120. The second-order valence-corrected chi connectivity index (χ2v) is 12.8. The average Bonchev–Trinajstić information content (AvgIpc) is 3.79. The van der Waals surface area contributed by atoms with Gasteiger partial charge in [-0.05, 0) is 49.6 Å². The Labute approximate surface area is 270 Å². The van der Waals surface area contributed by atoms with E-state index in [0.29, 0.717) is 16.8 Å². The molecule has 12 heteroatoms. The molecule has 1 atom stereocenters. The number of halogens is 2. The predicted molar refractivity (Wildman–Crippen MR) is 175 cm³/mol. The van der Waals surface area contributed by atoms with Crippen molar-refractivity contribution in [3.05, 3.63) is 89.0 Å². The Hall–Kier alpha value is -4.97. The summed E-state index contributed by atoms with van der Waals surface area (Å²) < 4.78 is 32.7. The summed E-state index contributed by atoms with van der Waals surface area (Å²) in [7, 11) is 1.88. The Kier molecular flexibility index (Phi) is 7.42. The van der Waals surface area contributed by atoms with Crippen molar-refractivity contribution in [2.24, 2.45) is 7.05 Å². The standard InChI is InChI=1S/C35H36F2N8O2/c1-20(2)31-22(4)45(29-15-25-16-42(5)41-33(25)38-21(29)3)40-32(31)26-7-6-8-28-27(26)17-44(39-28)18-30(46)23-9-11-24(12-10-23)34(47)43-14-13-35(36,37)19-43/h6-12,15-17,20,30,46H,13-14,18-19H2,1-5H3.